The van der Waals surface area contributed by atoms with Crippen molar-refractivity contribution in [2.75, 3.05) is 0 Å². The van der Waals surface area contributed by atoms with Crippen LogP contribution in [0.4, 0.5) is 0 Å². The first-order valence-electron chi connectivity index (χ1n) is 5.06. The largest absolute Gasteiger partial charge is 0.438 e. The summed E-state index contributed by atoms with van der Waals surface area (Å²) in [5.74, 6) is 0.838. The molecule has 0 radical (unpaired) electrons. The minimum absolute atomic E-state index is 0.219. The molecule has 0 unspecified atom stereocenters. The van der Waals surface area contributed by atoms with Crippen molar-refractivity contribution < 1.29 is 9.53 Å². The standard InChI is InChI=1S/C13H10ClNO2/c1-9-4-6-10(7-5-9)17-13-11(12(14)16)3-2-8-15-13/h2-8H,1H3. The molecule has 17 heavy (non-hydrogen) atoms. The zero-order valence-electron chi connectivity index (χ0n) is 9.18. The van der Waals surface area contributed by atoms with Gasteiger partial charge in [0.15, 0.2) is 0 Å². The maximum atomic E-state index is 11.2. The summed E-state index contributed by atoms with van der Waals surface area (Å²) in [6.45, 7) is 1.98. The first-order chi connectivity index (χ1) is 8.16. The van der Waals surface area contributed by atoms with Crippen LogP contribution in [0.2, 0.25) is 0 Å². The molecule has 0 saturated carbocycles. The highest BCUT2D eigenvalue weighted by atomic mass is 35.5. The number of hydrogen-bond donors (Lipinski definition) is 0. The summed E-state index contributed by atoms with van der Waals surface area (Å²) in [6, 6.07) is 10.7. The van der Waals surface area contributed by atoms with Gasteiger partial charge in [0.25, 0.3) is 5.24 Å². The Morgan fingerprint density at radius 3 is 2.59 bits per heavy atom. The normalized spacial score (nSPS) is 10.0. The van der Waals surface area contributed by atoms with Crippen LogP contribution in [0.5, 0.6) is 11.6 Å². The molecule has 0 amide bonds. The molecule has 1 heterocycles. The van der Waals surface area contributed by atoms with Crippen molar-refractivity contribution in [2.24, 2.45) is 0 Å². The zero-order valence-corrected chi connectivity index (χ0v) is 9.94. The number of hydrogen-bond acceptors (Lipinski definition) is 3. The summed E-state index contributed by atoms with van der Waals surface area (Å²) < 4.78 is 5.51. The Morgan fingerprint density at radius 2 is 1.94 bits per heavy atom. The van der Waals surface area contributed by atoms with Crippen molar-refractivity contribution in [3.8, 4) is 11.6 Å². The monoisotopic (exact) mass is 247 g/mol. The fourth-order valence-corrected chi connectivity index (χ4v) is 1.48. The van der Waals surface area contributed by atoms with E-state index in [0.717, 1.165) is 5.56 Å². The van der Waals surface area contributed by atoms with Crippen LogP contribution in [0, 0.1) is 6.92 Å². The number of pyridine rings is 1. The molecule has 4 heteroatoms. The summed E-state index contributed by atoms with van der Waals surface area (Å²) in [5, 5.41) is -0.583. The summed E-state index contributed by atoms with van der Waals surface area (Å²) in [7, 11) is 0. The van der Waals surface area contributed by atoms with Gasteiger partial charge in [-0.1, -0.05) is 17.7 Å². The predicted octanol–water partition coefficient (Wildman–Crippen LogP) is 3.56. The molecule has 1 aromatic heterocycles. The number of halogens is 1. The van der Waals surface area contributed by atoms with Crippen molar-refractivity contribution in [3.05, 3.63) is 53.7 Å². The third kappa shape index (κ3) is 2.82. The number of benzene rings is 1. The molecule has 0 atom stereocenters. The molecule has 0 aliphatic carbocycles. The number of rotatable bonds is 3. The van der Waals surface area contributed by atoms with Crippen LogP contribution < -0.4 is 4.74 Å². The molecule has 0 fully saturated rings. The molecule has 0 N–H and O–H groups in total. The molecular weight excluding hydrogens is 238 g/mol. The van der Waals surface area contributed by atoms with Crippen LogP contribution in [0.15, 0.2) is 42.6 Å². The lowest BCUT2D eigenvalue weighted by molar-refractivity contribution is 0.107. The molecule has 0 spiro atoms. The van der Waals surface area contributed by atoms with Gasteiger partial charge in [0.2, 0.25) is 5.88 Å². The van der Waals surface area contributed by atoms with Gasteiger partial charge >= 0.3 is 0 Å². The van der Waals surface area contributed by atoms with Crippen molar-refractivity contribution in [3.63, 3.8) is 0 Å². The average Bonchev–Trinajstić information content (AvgIpc) is 2.32. The van der Waals surface area contributed by atoms with Crippen molar-refractivity contribution in [1.82, 2.24) is 4.98 Å². The first-order valence-corrected chi connectivity index (χ1v) is 5.44. The van der Waals surface area contributed by atoms with E-state index in [9.17, 15) is 4.79 Å². The summed E-state index contributed by atoms with van der Waals surface area (Å²) in [6.07, 6.45) is 1.55. The van der Waals surface area contributed by atoms with E-state index >= 15 is 0 Å². The van der Waals surface area contributed by atoms with Crippen LogP contribution in [0.1, 0.15) is 15.9 Å². The maximum Gasteiger partial charge on any atom is 0.257 e. The molecule has 0 aliphatic rings. The Balaban J connectivity index is 2.30. The molecule has 2 aromatic rings. The number of ether oxygens (including phenoxy) is 1. The van der Waals surface area contributed by atoms with Crippen molar-refractivity contribution >= 4 is 16.8 Å². The van der Waals surface area contributed by atoms with E-state index in [1.165, 1.54) is 0 Å². The Hall–Kier alpha value is -1.87. The Bertz CT molecular complexity index is 537. The Morgan fingerprint density at radius 1 is 1.24 bits per heavy atom. The average molecular weight is 248 g/mol. The van der Waals surface area contributed by atoms with E-state index in [1.807, 2.05) is 31.2 Å². The Kier molecular flexibility index (Phi) is 3.40. The number of nitrogens with zero attached hydrogens (tertiary/aromatic N) is 1. The molecule has 3 nitrogen and oxygen atoms in total. The molecule has 2 rings (SSSR count). The smallest absolute Gasteiger partial charge is 0.257 e. The second kappa shape index (κ2) is 4.97. The van der Waals surface area contributed by atoms with E-state index in [-0.39, 0.29) is 11.4 Å². The first kappa shape index (κ1) is 11.6. The topological polar surface area (TPSA) is 39.2 Å². The second-order valence-corrected chi connectivity index (χ2v) is 3.89. The molecule has 0 aliphatic heterocycles. The fraction of sp³-hybridized carbons (Fsp3) is 0.0769. The van der Waals surface area contributed by atoms with Crippen LogP contribution in [0.3, 0.4) is 0 Å². The minimum Gasteiger partial charge on any atom is -0.438 e. The highest BCUT2D eigenvalue weighted by Crippen LogP contribution is 2.24. The third-order valence-corrected chi connectivity index (χ3v) is 2.42. The number of aryl methyl sites for hydroxylation is 1. The zero-order chi connectivity index (χ0) is 12.3. The van der Waals surface area contributed by atoms with Crippen LogP contribution in [-0.2, 0) is 0 Å². The molecule has 1 aromatic carbocycles. The van der Waals surface area contributed by atoms with Crippen LogP contribution >= 0.6 is 11.6 Å². The van der Waals surface area contributed by atoms with Gasteiger partial charge in [-0.15, -0.1) is 0 Å². The van der Waals surface area contributed by atoms with Gasteiger partial charge in [0.05, 0.1) is 5.56 Å². The highest BCUT2D eigenvalue weighted by Gasteiger charge is 2.11. The SMILES string of the molecule is Cc1ccc(Oc2ncccc2C(=O)Cl)cc1. The maximum absolute atomic E-state index is 11.2. The van der Waals surface area contributed by atoms with Crippen molar-refractivity contribution in [1.29, 1.82) is 0 Å². The number of carbonyl (C=O) groups is 1. The molecule has 0 bridgehead atoms. The lowest BCUT2D eigenvalue weighted by Crippen LogP contribution is -1.97. The van der Waals surface area contributed by atoms with Gasteiger partial charge in [-0.2, -0.15) is 0 Å². The van der Waals surface area contributed by atoms with Crippen LogP contribution in [-0.4, -0.2) is 10.2 Å². The van der Waals surface area contributed by atoms with Gasteiger partial charge in [0, 0.05) is 6.20 Å². The van der Waals surface area contributed by atoms with Gasteiger partial charge in [-0.3, -0.25) is 4.79 Å². The number of aromatic nitrogens is 1. The van der Waals surface area contributed by atoms with Gasteiger partial charge < -0.3 is 4.74 Å². The summed E-state index contributed by atoms with van der Waals surface area (Å²) in [5.41, 5.74) is 1.39. The van der Waals surface area contributed by atoms with Gasteiger partial charge in [0.1, 0.15) is 5.75 Å². The van der Waals surface area contributed by atoms with Crippen LogP contribution in [0.25, 0.3) is 0 Å². The summed E-state index contributed by atoms with van der Waals surface area (Å²) >= 11 is 5.44. The lowest BCUT2D eigenvalue weighted by Gasteiger charge is -2.07. The fourth-order valence-electron chi connectivity index (χ4n) is 1.34. The Labute approximate surface area is 104 Å². The molecular formula is C13H10ClNO2. The van der Waals surface area contributed by atoms with E-state index in [1.54, 1.807) is 18.3 Å². The molecule has 86 valence electrons. The van der Waals surface area contributed by atoms with E-state index < -0.39 is 5.24 Å². The lowest BCUT2D eigenvalue weighted by atomic mass is 10.2. The van der Waals surface area contributed by atoms with E-state index in [0.29, 0.717) is 5.75 Å². The van der Waals surface area contributed by atoms with Gasteiger partial charge in [-0.05, 0) is 42.8 Å². The second-order valence-electron chi connectivity index (χ2n) is 3.54. The highest BCUT2D eigenvalue weighted by molar-refractivity contribution is 6.68. The summed E-state index contributed by atoms with van der Waals surface area (Å²) in [4.78, 5) is 15.1. The molecule has 0 saturated heterocycles. The quantitative estimate of drug-likeness (QED) is 0.779. The third-order valence-electron chi connectivity index (χ3n) is 2.22. The predicted molar refractivity (Wildman–Crippen MR) is 65.7 cm³/mol. The number of carbonyl (C=O) groups excluding carboxylic acids is 1. The van der Waals surface area contributed by atoms with Gasteiger partial charge in [-0.25, -0.2) is 4.98 Å². The van der Waals surface area contributed by atoms with Crippen molar-refractivity contribution in [2.45, 2.75) is 6.92 Å². The van der Waals surface area contributed by atoms with E-state index in [4.69, 9.17) is 16.3 Å². The minimum atomic E-state index is -0.583. The van der Waals surface area contributed by atoms with E-state index in [2.05, 4.69) is 4.98 Å².